The van der Waals surface area contributed by atoms with Gasteiger partial charge in [-0.3, -0.25) is 9.78 Å². The van der Waals surface area contributed by atoms with Crippen LogP contribution in [0.4, 0.5) is 0 Å². The van der Waals surface area contributed by atoms with E-state index in [-0.39, 0.29) is 11.6 Å². The first-order valence-corrected chi connectivity index (χ1v) is 8.53. The fourth-order valence-corrected chi connectivity index (χ4v) is 2.71. The number of ether oxygens (including phenoxy) is 2. The van der Waals surface area contributed by atoms with Crippen molar-refractivity contribution in [1.29, 1.82) is 0 Å². The predicted molar refractivity (Wildman–Crippen MR) is 99.7 cm³/mol. The summed E-state index contributed by atoms with van der Waals surface area (Å²) in [6.07, 6.45) is 3.34. The zero-order valence-electron chi connectivity index (χ0n) is 15.5. The van der Waals surface area contributed by atoms with E-state index < -0.39 is 0 Å². The number of aromatic nitrogens is 2. The molecule has 0 radical (unpaired) electrons. The lowest BCUT2D eigenvalue weighted by molar-refractivity contribution is 0.0742. The van der Waals surface area contributed by atoms with Gasteiger partial charge in [0, 0.05) is 37.1 Å². The highest BCUT2D eigenvalue weighted by Gasteiger charge is 2.20. The van der Waals surface area contributed by atoms with Crippen molar-refractivity contribution in [2.45, 2.75) is 13.5 Å². The summed E-state index contributed by atoms with van der Waals surface area (Å²) >= 11 is 0. The summed E-state index contributed by atoms with van der Waals surface area (Å²) in [7, 11) is 3.17. The highest BCUT2D eigenvalue weighted by Crippen LogP contribution is 2.28. The molecular weight excluding hydrogens is 346 g/mol. The Morgan fingerprint density at radius 2 is 1.96 bits per heavy atom. The van der Waals surface area contributed by atoms with Crippen molar-refractivity contribution in [3.63, 3.8) is 0 Å². The monoisotopic (exact) mass is 367 g/mol. The highest BCUT2D eigenvalue weighted by molar-refractivity contribution is 5.93. The molecule has 2 aromatic heterocycles. The number of carbonyl (C=O) groups excluding carboxylic acids is 1. The van der Waals surface area contributed by atoms with Gasteiger partial charge in [0.2, 0.25) is 0 Å². The topological polar surface area (TPSA) is 77.7 Å². The van der Waals surface area contributed by atoms with Crippen LogP contribution in [-0.4, -0.2) is 41.7 Å². The average molecular weight is 367 g/mol. The van der Waals surface area contributed by atoms with Gasteiger partial charge in [-0.1, -0.05) is 11.2 Å². The molecule has 0 saturated heterocycles. The van der Waals surface area contributed by atoms with Crippen molar-refractivity contribution < 1.29 is 18.8 Å². The molecule has 0 aliphatic heterocycles. The van der Waals surface area contributed by atoms with Gasteiger partial charge in [-0.05, 0) is 36.8 Å². The van der Waals surface area contributed by atoms with Gasteiger partial charge in [-0.2, -0.15) is 0 Å². The SMILES string of the molecule is CCN(Cc1ccc(OC)c(OC)c1)C(=O)c1cc(-c2cccnc2)on1. The molecule has 0 aliphatic carbocycles. The lowest BCUT2D eigenvalue weighted by atomic mass is 10.1. The van der Waals surface area contributed by atoms with Crippen LogP contribution in [0.5, 0.6) is 11.5 Å². The van der Waals surface area contributed by atoms with Crippen molar-refractivity contribution in [2.24, 2.45) is 0 Å². The maximum atomic E-state index is 12.8. The first kappa shape index (κ1) is 18.4. The molecule has 0 N–H and O–H groups in total. The molecule has 27 heavy (non-hydrogen) atoms. The van der Waals surface area contributed by atoms with Crippen LogP contribution >= 0.6 is 0 Å². The van der Waals surface area contributed by atoms with Crippen molar-refractivity contribution in [3.05, 3.63) is 60.0 Å². The molecule has 1 aromatic carbocycles. The molecule has 7 nitrogen and oxygen atoms in total. The smallest absolute Gasteiger partial charge is 0.276 e. The molecule has 0 spiro atoms. The van der Waals surface area contributed by atoms with Gasteiger partial charge >= 0.3 is 0 Å². The van der Waals surface area contributed by atoms with E-state index >= 15 is 0 Å². The molecule has 140 valence electrons. The Kier molecular flexibility index (Phi) is 5.71. The number of carbonyl (C=O) groups is 1. The van der Waals surface area contributed by atoms with E-state index in [1.165, 1.54) is 0 Å². The van der Waals surface area contributed by atoms with E-state index in [0.717, 1.165) is 11.1 Å². The van der Waals surface area contributed by atoms with E-state index in [2.05, 4.69) is 10.1 Å². The molecule has 7 heteroatoms. The molecule has 0 aliphatic rings. The van der Waals surface area contributed by atoms with Crippen LogP contribution in [0, 0.1) is 0 Å². The van der Waals surface area contributed by atoms with E-state index in [1.54, 1.807) is 43.6 Å². The molecular formula is C20H21N3O4. The minimum atomic E-state index is -0.203. The van der Waals surface area contributed by atoms with Crippen LogP contribution in [0.2, 0.25) is 0 Å². The van der Waals surface area contributed by atoms with Crippen molar-refractivity contribution >= 4 is 5.91 Å². The lowest BCUT2D eigenvalue weighted by Gasteiger charge is -2.20. The number of benzene rings is 1. The third-order valence-electron chi connectivity index (χ3n) is 4.17. The minimum Gasteiger partial charge on any atom is -0.493 e. The van der Waals surface area contributed by atoms with E-state index in [1.807, 2.05) is 31.2 Å². The van der Waals surface area contributed by atoms with Gasteiger partial charge in [0.25, 0.3) is 5.91 Å². The number of pyridine rings is 1. The molecule has 0 saturated carbocycles. The lowest BCUT2D eigenvalue weighted by Crippen LogP contribution is -2.30. The Hall–Kier alpha value is -3.35. The second-order valence-corrected chi connectivity index (χ2v) is 5.83. The molecule has 0 unspecified atom stereocenters. The largest absolute Gasteiger partial charge is 0.493 e. The number of methoxy groups -OCH3 is 2. The number of amides is 1. The average Bonchev–Trinajstić information content (AvgIpc) is 3.22. The first-order valence-electron chi connectivity index (χ1n) is 8.53. The highest BCUT2D eigenvalue weighted by atomic mass is 16.5. The van der Waals surface area contributed by atoms with E-state index in [9.17, 15) is 4.79 Å². The van der Waals surface area contributed by atoms with E-state index in [4.69, 9.17) is 14.0 Å². The van der Waals surface area contributed by atoms with Crippen LogP contribution in [0.15, 0.2) is 53.3 Å². The Morgan fingerprint density at radius 3 is 2.63 bits per heavy atom. The maximum Gasteiger partial charge on any atom is 0.276 e. The van der Waals surface area contributed by atoms with Gasteiger partial charge in [-0.15, -0.1) is 0 Å². The van der Waals surface area contributed by atoms with E-state index in [0.29, 0.717) is 30.3 Å². The van der Waals surface area contributed by atoms with Gasteiger partial charge in [0.15, 0.2) is 23.0 Å². The Balaban J connectivity index is 1.78. The Morgan fingerprint density at radius 1 is 1.15 bits per heavy atom. The second-order valence-electron chi connectivity index (χ2n) is 5.83. The standard InChI is InChI=1S/C20H21N3O4/c1-4-23(13-14-7-8-17(25-2)19(10-14)26-3)20(24)16-11-18(27-22-16)15-6-5-9-21-12-15/h5-12H,4,13H2,1-3H3. The number of hydrogen-bond acceptors (Lipinski definition) is 6. The molecule has 0 atom stereocenters. The summed E-state index contributed by atoms with van der Waals surface area (Å²) in [5.41, 5.74) is 1.96. The van der Waals surface area contributed by atoms with Gasteiger partial charge in [0.1, 0.15) is 0 Å². The van der Waals surface area contributed by atoms with Crippen LogP contribution in [-0.2, 0) is 6.54 Å². The summed E-state index contributed by atoms with van der Waals surface area (Å²) in [4.78, 5) is 18.6. The fraction of sp³-hybridized carbons (Fsp3) is 0.250. The quantitative estimate of drug-likeness (QED) is 0.637. The molecule has 1 amide bonds. The Bertz CT molecular complexity index is 909. The summed E-state index contributed by atoms with van der Waals surface area (Å²) in [5, 5.41) is 3.93. The molecule has 0 fully saturated rings. The zero-order chi connectivity index (χ0) is 19.2. The normalized spacial score (nSPS) is 10.5. The third kappa shape index (κ3) is 4.08. The van der Waals surface area contributed by atoms with Crippen LogP contribution < -0.4 is 9.47 Å². The molecule has 2 heterocycles. The van der Waals surface area contributed by atoms with Crippen molar-refractivity contribution in [1.82, 2.24) is 15.0 Å². The van der Waals surface area contributed by atoms with Gasteiger partial charge < -0.3 is 18.9 Å². The fourth-order valence-electron chi connectivity index (χ4n) is 2.71. The number of nitrogens with zero attached hydrogens (tertiary/aromatic N) is 3. The number of hydrogen-bond donors (Lipinski definition) is 0. The third-order valence-corrected chi connectivity index (χ3v) is 4.17. The summed E-state index contributed by atoms with van der Waals surface area (Å²) in [5.74, 6) is 1.58. The van der Waals surface area contributed by atoms with Gasteiger partial charge in [-0.25, -0.2) is 0 Å². The number of rotatable bonds is 7. The molecule has 3 rings (SSSR count). The first-order chi connectivity index (χ1) is 13.2. The van der Waals surface area contributed by atoms with Crippen LogP contribution in [0.25, 0.3) is 11.3 Å². The summed E-state index contributed by atoms with van der Waals surface area (Å²) < 4.78 is 15.9. The minimum absolute atomic E-state index is 0.203. The van der Waals surface area contributed by atoms with Crippen molar-refractivity contribution in [2.75, 3.05) is 20.8 Å². The Labute approximate surface area is 157 Å². The predicted octanol–water partition coefficient (Wildman–Crippen LogP) is 3.42. The van der Waals surface area contributed by atoms with Crippen LogP contribution in [0.3, 0.4) is 0 Å². The molecule has 3 aromatic rings. The summed E-state index contributed by atoms with van der Waals surface area (Å²) in [6, 6.07) is 10.9. The maximum absolute atomic E-state index is 12.8. The zero-order valence-corrected chi connectivity index (χ0v) is 15.5. The second kappa shape index (κ2) is 8.35. The van der Waals surface area contributed by atoms with Gasteiger partial charge in [0.05, 0.1) is 14.2 Å². The van der Waals surface area contributed by atoms with Crippen LogP contribution in [0.1, 0.15) is 23.0 Å². The van der Waals surface area contributed by atoms with Crippen molar-refractivity contribution in [3.8, 4) is 22.8 Å². The molecule has 0 bridgehead atoms. The summed E-state index contributed by atoms with van der Waals surface area (Å²) in [6.45, 7) is 2.87.